The lowest BCUT2D eigenvalue weighted by atomic mass is 9.75. The molecule has 1 amide bonds. The molecular formula is C16H20N2O3. The van der Waals surface area contributed by atoms with E-state index in [9.17, 15) is 14.7 Å². The van der Waals surface area contributed by atoms with Crippen LogP contribution in [-0.2, 0) is 15.0 Å². The Morgan fingerprint density at radius 3 is 2.19 bits per heavy atom. The zero-order valence-corrected chi connectivity index (χ0v) is 11.9. The van der Waals surface area contributed by atoms with Gasteiger partial charge in [-0.15, -0.1) is 0 Å². The molecule has 0 heterocycles. The maximum absolute atomic E-state index is 11.9. The lowest BCUT2D eigenvalue weighted by Gasteiger charge is -2.37. The van der Waals surface area contributed by atoms with Crippen LogP contribution in [0.1, 0.15) is 44.1 Å². The minimum absolute atomic E-state index is 0.0793. The highest BCUT2D eigenvalue weighted by atomic mass is 16.4. The summed E-state index contributed by atoms with van der Waals surface area (Å²) < 4.78 is 0. The van der Waals surface area contributed by atoms with Crippen LogP contribution in [-0.4, -0.2) is 22.5 Å². The maximum Gasteiger partial charge on any atom is 0.314 e. The molecule has 2 saturated carbocycles. The fraction of sp³-hybridized carbons (Fsp3) is 0.500. The van der Waals surface area contributed by atoms with Crippen molar-refractivity contribution in [2.24, 2.45) is 5.73 Å². The molecule has 112 valence electrons. The topological polar surface area (TPSA) is 92.4 Å². The molecule has 3 rings (SSSR count). The molecule has 21 heavy (non-hydrogen) atoms. The first-order valence-corrected chi connectivity index (χ1v) is 7.36. The fourth-order valence-electron chi connectivity index (χ4n) is 2.96. The standard InChI is InChI=1S/C16H20N2O3/c17-15(6-1-7-15)10-13(19)18-12-4-2-11(3-5-12)16(8-9-16)14(20)21/h2-5H,1,6-10,17H2,(H,18,19)(H,20,21). The zero-order valence-electron chi connectivity index (χ0n) is 11.9. The van der Waals surface area contributed by atoms with Crippen molar-refractivity contribution >= 4 is 17.6 Å². The van der Waals surface area contributed by atoms with Gasteiger partial charge in [-0.25, -0.2) is 0 Å². The molecule has 2 aliphatic carbocycles. The first kappa shape index (κ1) is 14.1. The van der Waals surface area contributed by atoms with Crippen molar-refractivity contribution < 1.29 is 14.7 Å². The third-order valence-corrected chi connectivity index (χ3v) is 4.74. The second kappa shape index (κ2) is 4.84. The molecule has 1 aromatic rings. The third kappa shape index (κ3) is 2.65. The second-order valence-corrected chi connectivity index (χ2v) is 6.41. The van der Waals surface area contributed by atoms with E-state index >= 15 is 0 Å². The van der Waals surface area contributed by atoms with Crippen LogP contribution in [0.15, 0.2) is 24.3 Å². The van der Waals surface area contributed by atoms with E-state index in [4.69, 9.17) is 5.73 Å². The highest BCUT2D eigenvalue weighted by Gasteiger charge is 2.51. The lowest BCUT2D eigenvalue weighted by Crippen LogP contribution is -2.48. The van der Waals surface area contributed by atoms with Crippen molar-refractivity contribution in [3.63, 3.8) is 0 Å². The van der Waals surface area contributed by atoms with Gasteiger partial charge in [-0.3, -0.25) is 9.59 Å². The maximum atomic E-state index is 11.9. The summed E-state index contributed by atoms with van der Waals surface area (Å²) in [5.74, 6) is -0.848. The van der Waals surface area contributed by atoms with Crippen LogP contribution in [0.2, 0.25) is 0 Å². The summed E-state index contributed by atoms with van der Waals surface area (Å²) in [6.45, 7) is 0. The molecule has 0 unspecified atom stereocenters. The average Bonchev–Trinajstić information content (AvgIpc) is 3.19. The number of carbonyl (C=O) groups excluding carboxylic acids is 1. The molecule has 0 spiro atoms. The van der Waals surface area contributed by atoms with Crippen molar-refractivity contribution in [1.29, 1.82) is 0 Å². The average molecular weight is 288 g/mol. The Morgan fingerprint density at radius 2 is 1.76 bits per heavy atom. The molecule has 2 aliphatic rings. The lowest BCUT2D eigenvalue weighted by molar-refractivity contribution is -0.140. The highest BCUT2D eigenvalue weighted by Crippen LogP contribution is 2.48. The minimum Gasteiger partial charge on any atom is -0.481 e. The van der Waals surface area contributed by atoms with E-state index < -0.39 is 11.4 Å². The molecular weight excluding hydrogens is 268 g/mol. The number of amides is 1. The number of aliphatic carboxylic acids is 1. The summed E-state index contributed by atoms with van der Waals surface area (Å²) in [6, 6.07) is 7.11. The van der Waals surface area contributed by atoms with Crippen LogP contribution in [0.4, 0.5) is 5.69 Å². The van der Waals surface area contributed by atoms with E-state index in [1.165, 1.54) is 0 Å². The Labute approximate surface area is 123 Å². The monoisotopic (exact) mass is 288 g/mol. The van der Waals surface area contributed by atoms with Crippen LogP contribution in [0.5, 0.6) is 0 Å². The van der Waals surface area contributed by atoms with Crippen LogP contribution >= 0.6 is 0 Å². The van der Waals surface area contributed by atoms with Gasteiger partial charge >= 0.3 is 5.97 Å². The predicted octanol–water partition coefficient (Wildman–Crippen LogP) is 2.01. The normalized spacial score (nSPS) is 21.2. The van der Waals surface area contributed by atoms with Gasteiger partial charge in [0, 0.05) is 17.6 Å². The number of nitrogens with two attached hydrogens (primary N) is 1. The molecule has 0 aromatic heterocycles. The second-order valence-electron chi connectivity index (χ2n) is 6.41. The van der Waals surface area contributed by atoms with Crippen molar-refractivity contribution in [3.05, 3.63) is 29.8 Å². The summed E-state index contributed by atoms with van der Waals surface area (Å²) in [5, 5.41) is 12.1. The summed E-state index contributed by atoms with van der Waals surface area (Å²) in [6.07, 6.45) is 4.61. The van der Waals surface area contributed by atoms with Crippen molar-refractivity contribution in [2.45, 2.75) is 49.5 Å². The molecule has 5 heteroatoms. The van der Waals surface area contributed by atoms with Gasteiger partial charge in [-0.05, 0) is 49.8 Å². The number of carboxylic acids is 1. The van der Waals surface area contributed by atoms with Crippen LogP contribution in [0.3, 0.4) is 0 Å². The summed E-state index contributed by atoms with van der Waals surface area (Å²) in [4.78, 5) is 23.2. The summed E-state index contributed by atoms with van der Waals surface area (Å²) in [5.41, 5.74) is 6.52. The molecule has 0 atom stereocenters. The third-order valence-electron chi connectivity index (χ3n) is 4.74. The van der Waals surface area contributed by atoms with Gasteiger partial charge < -0.3 is 16.2 Å². The molecule has 0 aliphatic heterocycles. The predicted molar refractivity (Wildman–Crippen MR) is 79.0 cm³/mol. The molecule has 5 nitrogen and oxygen atoms in total. The van der Waals surface area contributed by atoms with Gasteiger partial charge in [-0.2, -0.15) is 0 Å². The number of hydrogen-bond acceptors (Lipinski definition) is 3. The van der Waals surface area contributed by atoms with Gasteiger partial charge in [0.1, 0.15) is 0 Å². The SMILES string of the molecule is NC1(CC(=O)Nc2ccc(C3(C(=O)O)CC3)cc2)CCC1. The molecule has 1 aromatic carbocycles. The van der Waals surface area contributed by atoms with E-state index in [1.807, 2.05) is 0 Å². The Balaban J connectivity index is 1.62. The molecule has 2 fully saturated rings. The van der Waals surface area contributed by atoms with Crippen molar-refractivity contribution in [3.8, 4) is 0 Å². The van der Waals surface area contributed by atoms with Gasteiger partial charge in [-0.1, -0.05) is 12.1 Å². The van der Waals surface area contributed by atoms with Gasteiger partial charge in [0.15, 0.2) is 0 Å². The quantitative estimate of drug-likeness (QED) is 0.772. The highest BCUT2D eigenvalue weighted by molar-refractivity contribution is 5.92. The zero-order chi connectivity index (χ0) is 15.1. The van der Waals surface area contributed by atoms with E-state index in [0.717, 1.165) is 24.8 Å². The number of benzene rings is 1. The van der Waals surface area contributed by atoms with E-state index in [0.29, 0.717) is 24.9 Å². The van der Waals surface area contributed by atoms with Crippen molar-refractivity contribution in [2.75, 3.05) is 5.32 Å². The molecule has 4 N–H and O–H groups in total. The van der Waals surface area contributed by atoms with Crippen LogP contribution < -0.4 is 11.1 Å². The molecule has 0 saturated heterocycles. The minimum atomic E-state index is -0.769. The van der Waals surface area contributed by atoms with E-state index in [1.54, 1.807) is 24.3 Å². The number of hydrogen-bond donors (Lipinski definition) is 3. The van der Waals surface area contributed by atoms with E-state index in [2.05, 4.69) is 5.32 Å². The van der Waals surface area contributed by atoms with Gasteiger partial charge in [0.25, 0.3) is 0 Å². The number of carboxylic acid groups (broad SMARTS) is 1. The Bertz CT molecular complexity index is 572. The Morgan fingerprint density at radius 1 is 1.14 bits per heavy atom. The number of rotatable bonds is 5. The summed E-state index contributed by atoms with van der Waals surface area (Å²) in [7, 11) is 0. The first-order valence-electron chi connectivity index (χ1n) is 7.36. The van der Waals surface area contributed by atoms with Crippen molar-refractivity contribution in [1.82, 2.24) is 0 Å². The van der Waals surface area contributed by atoms with Gasteiger partial charge in [0.05, 0.1) is 5.41 Å². The number of carbonyl (C=O) groups is 2. The Kier molecular flexibility index (Phi) is 3.24. The first-order chi connectivity index (χ1) is 9.93. The smallest absolute Gasteiger partial charge is 0.314 e. The van der Waals surface area contributed by atoms with Crippen LogP contribution in [0.25, 0.3) is 0 Å². The fourth-order valence-corrected chi connectivity index (χ4v) is 2.96. The van der Waals surface area contributed by atoms with E-state index in [-0.39, 0.29) is 11.4 Å². The summed E-state index contributed by atoms with van der Waals surface area (Å²) >= 11 is 0. The number of anilines is 1. The molecule has 0 bridgehead atoms. The van der Waals surface area contributed by atoms with Crippen LogP contribution in [0, 0.1) is 0 Å². The molecule has 0 radical (unpaired) electrons. The Hall–Kier alpha value is -1.88. The van der Waals surface area contributed by atoms with Gasteiger partial charge in [0.2, 0.25) is 5.91 Å². The largest absolute Gasteiger partial charge is 0.481 e. The number of nitrogens with one attached hydrogen (secondary N) is 1.